The molecule has 0 radical (unpaired) electrons. The molecule has 0 fully saturated rings. The van der Waals surface area contributed by atoms with Crippen LogP contribution < -0.4 is 5.32 Å². The molecule has 0 aliphatic rings. The van der Waals surface area contributed by atoms with Gasteiger partial charge >= 0.3 is 0 Å². The van der Waals surface area contributed by atoms with Crippen molar-refractivity contribution in [3.63, 3.8) is 0 Å². The molecule has 2 rings (SSSR count). The van der Waals surface area contributed by atoms with E-state index >= 15 is 0 Å². The van der Waals surface area contributed by atoms with Gasteiger partial charge in [0.2, 0.25) is 0 Å². The minimum absolute atomic E-state index is 0.0163. The largest absolute Gasteiger partial charge is 0.348 e. The number of nitrogens with zero attached hydrogens (tertiary/aromatic N) is 1. The molecular formula is C14H12BrFN2O. The minimum atomic E-state index is -0.547. The maximum absolute atomic E-state index is 13.6. The first-order chi connectivity index (χ1) is 9.08. The molecule has 1 N–H and O–H groups in total. The fourth-order valence-corrected chi connectivity index (χ4v) is 2.11. The summed E-state index contributed by atoms with van der Waals surface area (Å²) < 4.78 is 14.0. The van der Waals surface area contributed by atoms with Gasteiger partial charge in [-0.1, -0.05) is 12.1 Å². The molecule has 5 heteroatoms. The van der Waals surface area contributed by atoms with Gasteiger partial charge in [0, 0.05) is 22.9 Å². The summed E-state index contributed by atoms with van der Waals surface area (Å²) in [5.74, 6) is -1.00. The second kappa shape index (κ2) is 5.93. The summed E-state index contributed by atoms with van der Waals surface area (Å²) in [5, 5.41) is 2.67. The number of carbonyl (C=O) groups excluding carboxylic acids is 1. The van der Waals surface area contributed by atoms with Crippen LogP contribution in [0, 0.1) is 12.7 Å². The number of hydrogen-bond acceptors (Lipinski definition) is 2. The van der Waals surface area contributed by atoms with Crippen molar-refractivity contribution in [1.82, 2.24) is 10.3 Å². The van der Waals surface area contributed by atoms with Crippen molar-refractivity contribution in [2.45, 2.75) is 13.5 Å². The average Bonchev–Trinajstić information content (AvgIpc) is 2.38. The van der Waals surface area contributed by atoms with Crippen molar-refractivity contribution in [3.05, 3.63) is 63.6 Å². The normalized spacial score (nSPS) is 10.3. The molecule has 1 aromatic heterocycles. The fraction of sp³-hybridized carbons (Fsp3) is 0.143. The molecule has 19 heavy (non-hydrogen) atoms. The first-order valence-corrected chi connectivity index (χ1v) is 6.51. The molecule has 0 bridgehead atoms. The summed E-state index contributed by atoms with van der Waals surface area (Å²) in [6.45, 7) is 2.20. The van der Waals surface area contributed by atoms with Gasteiger partial charge in [-0.15, -0.1) is 0 Å². The number of aryl methyl sites for hydroxylation is 1. The Bertz CT molecular complexity index is 579. The lowest BCUT2D eigenvalue weighted by Gasteiger charge is -2.08. The molecule has 0 spiro atoms. The highest BCUT2D eigenvalue weighted by Crippen LogP contribution is 2.19. The van der Waals surface area contributed by atoms with Crippen molar-refractivity contribution in [1.29, 1.82) is 0 Å². The number of hydrogen-bond donors (Lipinski definition) is 1. The second-order valence-corrected chi connectivity index (χ2v) is 4.94. The van der Waals surface area contributed by atoms with Crippen LogP contribution in [0.4, 0.5) is 4.39 Å². The number of nitrogens with one attached hydrogen (secondary N) is 1. The predicted molar refractivity (Wildman–Crippen MR) is 74.2 cm³/mol. The van der Waals surface area contributed by atoms with E-state index < -0.39 is 11.7 Å². The molecule has 0 saturated carbocycles. The molecule has 0 aliphatic carbocycles. The van der Waals surface area contributed by atoms with E-state index in [1.54, 1.807) is 18.3 Å². The summed E-state index contributed by atoms with van der Waals surface area (Å²) in [7, 11) is 0. The topological polar surface area (TPSA) is 42.0 Å². The van der Waals surface area contributed by atoms with Gasteiger partial charge < -0.3 is 5.32 Å². The summed E-state index contributed by atoms with van der Waals surface area (Å²) in [5.41, 5.74) is 1.79. The summed E-state index contributed by atoms with van der Waals surface area (Å²) >= 11 is 3.17. The summed E-state index contributed by atoms with van der Waals surface area (Å²) in [6, 6.07) is 8.16. The first kappa shape index (κ1) is 13.7. The highest BCUT2D eigenvalue weighted by Gasteiger charge is 2.14. The lowest BCUT2D eigenvalue weighted by molar-refractivity contribution is 0.0946. The molecule has 0 aliphatic heterocycles. The van der Waals surface area contributed by atoms with Crippen LogP contribution in [0.15, 0.2) is 41.0 Å². The van der Waals surface area contributed by atoms with E-state index in [1.165, 1.54) is 6.07 Å². The third-order valence-corrected chi connectivity index (χ3v) is 3.28. The molecule has 1 heterocycles. The molecule has 0 atom stereocenters. The van der Waals surface area contributed by atoms with Crippen LogP contribution in [0.25, 0.3) is 0 Å². The Morgan fingerprint density at radius 3 is 2.79 bits per heavy atom. The lowest BCUT2D eigenvalue weighted by atomic mass is 10.2. The Kier molecular flexibility index (Phi) is 4.27. The molecule has 98 valence electrons. The number of benzene rings is 1. The van der Waals surface area contributed by atoms with Gasteiger partial charge in [-0.2, -0.15) is 0 Å². The Balaban J connectivity index is 2.07. The van der Waals surface area contributed by atoms with E-state index in [1.807, 2.05) is 19.1 Å². The van der Waals surface area contributed by atoms with E-state index in [9.17, 15) is 9.18 Å². The maximum Gasteiger partial charge on any atom is 0.255 e. The molecule has 1 amide bonds. The SMILES string of the molecule is Cc1ccc(CNC(=O)c2c(F)cccc2Br)cn1. The van der Waals surface area contributed by atoms with Crippen molar-refractivity contribution >= 4 is 21.8 Å². The zero-order valence-corrected chi connectivity index (χ0v) is 11.9. The Hall–Kier alpha value is -1.75. The van der Waals surface area contributed by atoms with Crippen molar-refractivity contribution in [2.24, 2.45) is 0 Å². The van der Waals surface area contributed by atoms with E-state index in [-0.39, 0.29) is 5.56 Å². The standard InChI is InChI=1S/C14H12BrFN2O/c1-9-5-6-10(7-17-9)8-18-14(19)13-11(15)3-2-4-12(13)16/h2-7H,8H2,1H3,(H,18,19). The van der Waals surface area contributed by atoms with Crippen LogP contribution in [0.3, 0.4) is 0 Å². The molecule has 0 unspecified atom stereocenters. The number of aromatic nitrogens is 1. The zero-order chi connectivity index (χ0) is 13.8. The summed E-state index contributed by atoms with van der Waals surface area (Å²) in [6.07, 6.45) is 1.69. The molecule has 2 aromatic rings. The maximum atomic E-state index is 13.6. The number of pyridine rings is 1. The second-order valence-electron chi connectivity index (χ2n) is 4.09. The third-order valence-electron chi connectivity index (χ3n) is 2.62. The molecule has 3 nitrogen and oxygen atoms in total. The average molecular weight is 323 g/mol. The van der Waals surface area contributed by atoms with Crippen LogP contribution in [-0.4, -0.2) is 10.9 Å². The minimum Gasteiger partial charge on any atom is -0.348 e. The van der Waals surface area contributed by atoms with Crippen LogP contribution >= 0.6 is 15.9 Å². The van der Waals surface area contributed by atoms with Crippen LogP contribution in [0.1, 0.15) is 21.6 Å². The zero-order valence-electron chi connectivity index (χ0n) is 10.3. The third kappa shape index (κ3) is 3.38. The van der Waals surface area contributed by atoms with Crippen molar-refractivity contribution in [2.75, 3.05) is 0 Å². The van der Waals surface area contributed by atoms with E-state index in [4.69, 9.17) is 0 Å². The quantitative estimate of drug-likeness (QED) is 0.942. The van der Waals surface area contributed by atoms with Crippen molar-refractivity contribution < 1.29 is 9.18 Å². The number of halogens is 2. The van der Waals surface area contributed by atoms with Crippen LogP contribution in [-0.2, 0) is 6.54 Å². The Morgan fingerprint density at radius 2 is 2.16 bits per heavy atom. The highest BCUT2D eigenvalue weighted by molar-refractivity contribution is 9.10. The van der Waals surface area contributed by atoms with Gasteiger partial charge in [0.1, 0.15) is 5.82 Å². The van der Waals surface area contributed by atoms with E-state index in [0.29, 0.717) is 11.0 Å². The van der Waals surface area contributed by atoms with Gasteiger partial charge in [-0.25, -0.2) is 4.39 Å². The lowest BCUT2D eigenvalue weighted by Crippen LogP contribution is -2.24. The first-order valence-electron chi connectivity index (χ1n) is 5.71. The monoisotopic (exact) mass is 322 g/mol. The number of amides is 1. The number of rotatable bonds is 3. The molecule has 0 saturated heterocycles. The van der Waals surface area contributed by atoms with E-state index in [2.05, 4.69) is 26.2 Å². The number of carbonyl (C=O) groups is 1. The van der Waals surface area contributed by atoms with Crippen molar-refractivity contribution in [3.8, 4) is 0 Å². The van der Waals surface area contributed by atoms with Gasteiger partial charge in [0.15, 0.2) is 0 Å². The molecular weight excluding hydrogens is 311 g/mol. The van der Waals surface area contributed by atoms with Gasteiger partial charge in [-0.05, 0) is 46.6 Å². The Labute approximate surface area is 119 Å². The van der Waals surface area contributed by atoms with Gasteiger partial charge in [0.25, 0.3) is 5.91 Å². The Morgan fingerprint density at radius 1 is 1.37 bits per heavy atom. The molecule has 1 aromatic carbocycles. The smallest absolute Gasteiger partial charge is 0.255 e. The van der Waals surface area contributed by atoms with Gasteiger partial charge in [0.05, 0.1) is 5.56 Å². The van der Waals surface area contributed by atoms with E-state index in [0.717, 1.165) is 11.3 Å². The predicted octanol–water partition coefficient (Wildman–Crippen LogP) is 3.22. The fourth-order valence-electron chi connectivity index (χ4n) is 1.59. The summed E-state index contributed by atoms with van der Waals surface area (Å²) in [4.78, 5) is 16.1. The van der Waals surface area contributed by atoms with Crippen LogP contribution in [0.5, 0.6) is 0 Å². The van der Waals surface area contributed by atoms with Crippen LogP contribution in [0.2, 0.25) is 0 Å². The highest BCUT2D eigenvalue weighted by atomic mass is 79.9. The van der Waals surface area contributed by atoms with Gasteiger partial charge in [-0.3, -0.25) is 9.78 Å².